The number of hydrazone groups is 1. The molecule has 0 bridgehead atoms. The zero-order valence-corrected chi connectivity index (χ0v) is 20.8. The smallest absolute Gasteiger partial charge is 0.271 e. The quantitative estimate of drug-likeness (QED) is 0.198. The van der Waals surface area contributed by atoms with E-state index in [4.69, 9.17) is 0 Å². The summed E-state index contributed by atoms with van der Waals surface area (Å²) >= 11 is 0. The molecule has 1 heterocycles. The van der Waals surface area contributed by atoms with Crippen molar-refractivity contribution in [2.75, 3.05) is 5.32 Å². The normalized spacial score (nSPS) is 10.9. The first-order chi connectivity index (χ1) is 18.6. The number of hydrogen-bond acceptors (Lipinski definition) is 3. The monoisotopic (exact) mass is 498 g/mol. The minimum Gasteiger partial charge on any atom is -0.326 e. The van der Waals surface area contributed by atoms with E-state index in [0.717, 1.165) is 33.8 Å². The maximum atomic E-state index is 12.8. The lowest BCUT2D eigenvalue weighted by molar-refractivity contribution is -0.114. The maximum Gasteiger partial charge on any atom is 0.271 e. The maximum absolute atomic E-state index is 12.8. The highest BCUT2D eigenvalue weighted by Gasteiger charge is 2.18. The Morgan fingerprint density at radius 1 is 0.737 bits per heavy atom. The second-order valence-corrected chi connectivity index (χ2v) is 8.70. The lowest BCUT2D eigenvalue weighted by Gasteiger charge is -2.15. The average Bonchev–Trinajstić information content (AvgIpc) is 3.33. The number of hydrogen-bond donors (Lipinski definition) is 2. The van der Waals surface area contributed by atoms with Crippen LogP contribution in [-0.4, -0.2) is 22.6 Å². The van der Waals surface area contributed by atoms with Crippen LogP contribution in [-0.2, 0) is 4.79 Å². The molecule has 5 rings (SSSR count). The Morgan fingerprint density at radius 3 is 2.03 bits per heavy atom. The molecule has 0 aliphatic heterocycles. The number of nitrogens with zero attached hydrogens (tertiary/aromatic N) is 2. The SMILES string of the molecule is CC(=O)Nc1cccc(C(=O)NN=Cc2cc(-c3ccccc3)n(-c3ccccc3)c2-c2ccccc2)c1. The van der Waals surface area contributed by atoms with Gasteiger partial charge in [0.1, 0.15) is 0 Å². The van der Waals surface area contributed by atoms with Crippen molar-refractivity contribution in [3.8, 4) is 28.2 Å². The Kier molecular flexibility index (Phi) is 7.23. The summed E-state index contributed by atoms with van der Waals surface area (Å²) in [5, 5.41) is 7.00. The molecule has 5 aromatic rings. The molecule has 0 saturated carbocycles. The highest BCUT2D eigenvalue weighted by atomic mass is 16.2. The molecule has 0 fully saturated rings. The van der Waals surface area contributed by atoms with Gasteiger partial charge in [-0.3, -0.25) is 9.59 Å². The number of amides is 2. The summed E-state index contributed by atoms with van der Waals surface area (Å²) in [6.45, 7) is 1.42. The van der Waals surface area contributed by atoms with Crippen LogP contribution in [0.4, 0.5) is 5.69 Å². The number of aromatic nitrogens is 1. The molecule has 2 amide bonds. The summed E-state index contributed by atoms with van der Waals surface area (Å²) in [4.78, 5) is 24.2. The van der Waals surface area contributed by atoms with E-state index >= 15 is 0 Å². The van der Waals surface area contributed by atoms with Gasteiger partial charge in [0.05, 0.1) is 17.6 Å². The van der Waals surface area contributed by atoms with Gasteiger partial charge < -0.3 is 9.88 Å². The van der Waals surface area contributed by atoms with Crippen molar-refractivity contribution in [1.29, 1.82) is 0 Å². The standard InChI is InChI=1S/C32H26N4O2/c1-23(37)34-28-17-11-16-26(20-28)32(38)35-33-22-27-21-30(24-12-5-2-6-13-24)36(29-18-9-4-10-19-29)31(27)25-14-7-3-8-15-25/h2-22H,1H3,(H,34,37)(H,35,38). The zero-order valence-electron chi connectivity index (χ0n) is 20.8. The van der Waals surface area contributed by atoms with Gasteiger partial charge in [-0.25, -0.2) is 5.43 Å². The molecular formula is C32H26N4O2. The fraction of sp³-hybridized carbons (Fsp3) is 0.0312. The molecule has 1 aromatic heterocycles. The molecule has 2 N–H and O–H groups in total. The topological polar surface area (TPSA) is 75.5 Å². The molecule has 0 radical (unpaired) electrons. The Bertz CT molecular complexity index is 1590. The van der Waals surface area contributed by atoms with Gasteiger partial charge in [-0.15, -0.1) is 0 Å². The number of para-hydroxylation sites is 1. The van der Waals surface area contributed by atoms with Crippen LogP contribution in [0.5, 0.6) is 0 Å². The fourth-order valence-electron chi connectivity index (χ4n) is 4.35. The Morgan fingerprint density at radius 2 is 1.37 bits per heavy atom. The minimum atomic E-state index is -0.375. The van der Waals surface area contributed by atoms with Crippen LogP contribution >= 0.6 is 0 Å². The predicted octanol–water partition coefficient (Wildman–Crippen LogP) is 6.53. The van der Waals surface area contributed by atoms with E-state index in [1.165, 1.54) is 6.92 Å². The van der Waals surface area contributed by atoms with Crippen LogP contribution in [0.25, 0.3) is 28.2 Å². The Balaban J connectivity index is 1.56. The fourth-order valence-corrected chi connectivity index (χ4v) is 4.35. The third-order valence-corrected chi connectivity index (χ3v) is 5.98. The predicted molar refractivity (Wildman–Crippen MR) is 152 cm³/mol. The van der Waals surface area contributed by atoms with Gasteiger partial charge >= 0.3 is 0 Å². The molecule has 0 atom stereocenters. The van der Waals surface area contributed by atoms with Crippen LogP contribution in [0.2, 0.25) is 0 Å². The average molecular weight is 499 g/mol. The van der Waals surface area contributed by atoms with Crippen LogP contribution in [0.1, 0.15) is 22.8 Å². The molecule has 0 aliphatic rings. The van der Waals surface area contributed by atoms with Gasteiger partial charge in [0.15, 0.2) is 0 Å². The molecule has 0 spiro atoms. The first-order valence-electron chi connectivity index (χ1n) is 12.2. The molecule has 6 heteroatoms. The summed E-state index contributed by atoms with van der Waals surface area (Å²) < 4.78 is 2.21. The number of anilines is 1. The molecule has 0 unspecified atom stereocenters. The van der Waals surface area contributed by atoms with Gasteiger partial charge in [0.25, 0.3) is 5.91 Å². The van der Waals surface area contributed by atoms with Crippen molar-refractivity contribution >= 4 is 23.7 Å². The van der Waals surface area contributed by atoms with E-state index in [1.807, 2.05) is 54.6 Å². The minimum absolute atomic E-state index is 0.203. The molecule has 6 nitrogen and oxygen atoms in total. The molecule has 4 aromatic carbocycles. The Hall–Kier alpha value is -5.23. The van der Waals surface area contributed by atoms with Crippen LogP contribution < -0.4 is 10.7 Å². The second-order valence-electron chi connectivity index (χ2n) is 8.70. The van der Waals surface area contributed by atoms with Gasteiger partial charge in [-0.05, 0) is 47.5 Å². The van der Waals surface area contributed by atoms with Gasteiger partial charge in [0, 0.05) is 29.4 Å². The third kappa shape index (κ3) is 5.44. The molecule has 0 aliphatic carbocycles. The van der Waals surface area contributed by atoms with Crippen molar-refractivity contribution in [3.63, 3.8) is 0 Å². The number of rotatable bonds is 7. The molecule has 0 saturated heterocycles. The van der Waals surface area contributed by atoms with Gasteiger partial charge in [-0.1, -0.05) is 84.9 Å². The van der Waals surface area contributed by atoms with E-state index in [9.17, 15) is 9.59 Å². The van der Waals surface area contributed by atoms with E-state index in [1.54, 1.807) is 30.5 Å². The number of carbonyl (C=O) groups excluding carboxylic acids is 2. The highest BCUT2D eigenvalue weighted by Crippen LogP contribution is 2.35. The van der Waals surface area contributed by atoms with Crippen molar-refractivity contribution in [3.05, 3.63) is 132 Å². The lowest BCUT2D eigenvalue weighted by Crippen LogP contribution is -2.18. The molecular weight excluding hydrogens is 472 g/mol. The third-order valence-electron chi connectivity index (χ3n) is 5.98. The van der Waals surface area contributed by atoms with E-state index in [2.05, 4.69) is 62.9 Å². The highest BCUT2D eigenvalue weighted by molar-refractivity contribution is 5.98. The van der Waals surface area contributed by atoms with Crippen molar-refractivity contribution in [1.82, 2.24) is 9.99 Å². The first kappa shape index (κ1) is 24.5. The lowest BCUT2D eigenvalue weighted by atomic mass is 10.1. The van der Waals surface area contributed by atoms with Gasteiger partial charge in [-0.2, -0.15) is 5.10 Å². The van der Waals surface area contributed by atoms with Gasteiger partial charge in [0.2, 0.25) is 5.91 Å². The number of carbonyl (C=O) groups is 2. The summed E-state index contributed by atoms with van der Waals surface area (Å²) in [7, 11) is 0. The van der Waals surface area contributed by atoms with Crippen LogP contribution in [0.3, 0.4) is 0 Å². The van der Waals surface area contributed by atoms with Crippen LogP contribution in [0.15, 0.2) is 126 Å². The largest absolute Gasteiger partial charge is 0.326 e. The van der Waals surface area contributed by atoms with E-state index in [0.29, 0.717) is 11.3 Å². The van der Waals surface area contributed by atoms with Crippen molar-refractivity contribution in [2.24, 2.45) is 5.10 Å². The second kappa shape index (κ2) is 11.2. The summed E-state index contributed by atoms with van der Waals surface area (Å²) in [5.74, 6) is -0.577. The van der Waals surface area contributed by atoms with Crippen molar-refractivity contribution in [2.45, 2.75) is 6.92 Å². The van der Waals surface area contributed by atoms with Crippen molar-refractivity contribution < 1.29 is 9.59 Å². The number of benzene rings is 4. The zero-order chi connectivity index (χ0) is 26.3. The molecule has 186 valence electrons. The number of nitrogens with one attached hydrogen (secondary N) is 2. The summed E-state index contributed by atoms with van der Waals surface area (Å²) in [6, 6.07) is 39.3. The van der Waals surface area contributed by atoms with E-state index < -0.39 is 0 Å². The first-order valence-corrected chi connectivity index (χ1v) is 12.2. The Labute approximate surface area is 221 Å². The van der Waals surface area contributed by atoms with Crippen LogP contribution in [0, 0.1) is 0 Å². The summed E-state index contributed by atoms with van der Waals surface area (Å²) in [5.41, 5.74) is 9.48. The molecule has 38 heavy (non-hydrogen) atoms. The van der Waals surface area contributed by atoms with E-state index in [-0.39, 0.29) is 11.8 Å². The summed E-state index contributed by atoms with van der Waals surface area (Å²) in [6.07, 6.45) is 1.67.